The van der Waals surface area contributed by atoms with Crippen LogP contribution >= 0.6 is 0 Å². The highest BCUT2D eigenvalue weighted by Gasteiger charge is 2.04. The summed E-state index contributed by atoms with van der Waals surface area (Å²) in [4.78, 5) is 23.1. The van der Waals surface area contributed by atoms with Crippen LogP contribution in [0.15, 0.2) is 12.7 Å². The molecule has 0 heterocycles. The molecule has 0 aliphatic heterocycles. The molecule has 0 atom stereocenters. The molecule has 0 N–H and O–H groups in total. The van der Waals surface area contributed by atoms with Crippen LogP contribution in [-0.2, 0) is 19.1 Å². The molecule has 0 unspecified atom stereocenters. The molecule has 0 bridgehead atoms. The van der Waals surface area contributed by atoms with Crippen molar-refractivity contribution in [2.45, 2.75) is 122 Å². The van der Waals surface area contributed by atoms with Crippen LogP contribution in [0.25, 0.3) is 0 Å². The second-order valence-electron chi connectivity index (χ2n) is 7.97. The van der Waals surface area contributed by atoms with Crippen LogP contribution in [0, 0.1) is 0 Å². The fourth-order valence-electron chi connectivity index (χ4n) is 3.24. The first-order valence-corrected chi connectivity index (χ1v) is 12.1. The minimum atomic E-state index is -0.110. The summed E-state index contributed by atoms with van der Waals surface area (Å²) in [5.74, 6) is -0.159. The summed E-state index contributed by atoms with van der Waals surface area (Å²) in [5.41, 5.74) is 0. The van der Waals surface area contributed by atoms with Crippen molar-refractivity contribution in [1.82, 2.24) is 0 Å². The van der Waals surface area contributed by atoms with Crippen LogP contribution in [0.3, 0.4) is 0 Å². The molecule has 29 heavy (non-hydrogen) atoms. The summed E-state index contributed by atoms with van der Waals surface area (Å²) in [6.45, 7) is 6.87. The summed E-state index contributed by atoms with van der Waals surface area (Å²) >= 11 is 0. The minimum absolute atomic E-state index is 0.0492. The summed E-state index contributed by atoms with van der Waals surface area (Å²) in [5, 5.41) is 0. The Morgan fingerprint density at radius 1 is 0.621 bits per heavy atom. The van der Waals surface area contributed by atoms with Gasteiger partial charge in [-0.15, -0.1) is 6.58 Å². The van der Waals surface area contributed by atoms with E-state index in [-0.39, 0.29) is 11.9 Å². The van der Waals surface area contributed by atoms with Crippen molar-refractivity contribution in [3.8, 4) is 0 Å². The third-order valence-corrected chi connectivity index (χ3v) is 5.11. The first-order valence-electron chi connectivity index (χ1n) is 12.1. The van der Waals surface area contributed by atoms with Crippen LogP contribution in [0.4, 0.5) is 0 Å². The van der Waals surface area contributed by atoms with Crippen molar-refractivity contribution in [3.63, 3.8) is 0 Å². The molecule has 0 aliphatic rings. The van der Waals surface area contributed by atoms with Crippen molar-refractivity contribution < 1.29 is 19.1 Å². The van der Waals surface area contributed by atoms with E-state index in [2.05, 4.69) is 13.5 Å². The Kier molecular flexibility index (Phi) is 21.9. The number of hydrogen-bond acceptors (Lipinski definition) is 4. The zero-order valence-electron chi connectivity index (χ0n) is 19.1. The van der Waals surface area contributed by atoms with E-state index >= 15 is 0 Å². The molecule has 0 fully saturated rings. The van der Waals surface area contributed by atoms with E-state index in [1.165, 1.54) is 51.4 Å². The van der Waals surface area contributed by atoms with Gasteiger partial charge in [0, 0.05) is 12.8 Å². The van der Waals surface area contributed by atoms with Gasteiger partial charge in [0.05, 0.1) is 13.2 Å². The number of hydrogen-bond donors (Lipinski definition) is 0. The summed E-state index contributed by atoms with van der Waals surface area (Å²) < 4.78 is 10.4. The Morgan fingerprint density at radius 3 is 1.52 bits per heavy atom. The fourth-order valence-corrected chi connectivity index (χ4v) is 3.24. The Hall–Kier alpha value is -1.32. The van der Waals surface area contributed by atoms with Crippen molar-refractivity contribution >= 4 is 11.9 Å². The van der Waals surface area contributed by atoms with Crippen molar-refractivity contribution in [2.24, 2.45) is 0 Å². The maximum atomic E-state index is 11.7. The molecule has 0 spiro atoms. The van der Waals surface area contributed by atoms with Crippen LogP contribution in [0.1, 0.15) is 122 Å². The largest absolute Gasteiger partial charge is 0.466 e. The van der Waals surface area contributed by atoms with Gasteiger partial charge in [-0.25, -0.2) is 0 Å². The lowest BCUT2D eigenvalue weighted by molar-refractivity contribution is -0.144. The third kappa shape index (κ3) is 22.8. The quantitative estimate of drug-likeness (QED) is 0.107. The predicted molar refractivity (Wildman–Crippen MR) is 121 cm³/mol. The molecule has 0 aromatic carbocycles. The van der Waals surface area contributed by atoms with Gasteiger partial charge in [0.25, 0.3) is 0 Å². The van der Waals surface area contributed by atoms with Gasteiger partial charge in [0.1, 0.15) is 0 Å². The first-order chi connectivity index (χ1) is 14.2. The molecule has 0 aromatic heterocycles. The predicted octanol–water partition coefficient (Wildman–Crippen LogP) is 7.30. The highest BCUT2D eigenvalue weighted by atomic mass is 16.5. The molecule has 0 rings (SSSR count). The molecule has 0 amide bonds. The SMILES string of the molecule is C=CCCOC(=O)CCCCCCCCC(=O)OCCCCCCCCCCC. The summed E-state index contributed by atoms with van der Waals surface area (Å²) in [6.07, 6.45) is 21.1. The Morgan fingerprint density at radius 2 is 1.03 bits per heavy atom. The average molecular weight is 411 g/mol. The highest BCUT2D eigenvalue weighted by molar-refractivity contribution is 5.69. The number of esters is 2. The van der Waals surface area contributed by atoms with Gasteiger partial charge in [0.15, 0.2) is 0 Å². The van der Waals surface area contributed by atoms with Gasteiger partial charge in [-0.1, -0.05) is 90.0 Å². The minimum Gasteiger partial charge on any atom is -0.466 e. The fraction of sp³-hybridized carbons (Fsp3) is 0.840. The lowest BCUT2D eigenvalue weighted by Crippen LogP contribution is -2.05. The summed E-state index contributed by atoms with van der Waals surface area (Å²) in [7, 11) is 0. The lowest BCUT2D eigenvalue weighted by atomic mass is 10.1. The molecule has 0 aliphatic carbocycles. The lowest BCUT2D eigenvalue weighted by Gasteiger charge is -2.06. The zero-order valence-corrected chi connectivity index (χ0v) is 19.1. The normalized spacial score (nSPS) is 10.7. The van der Waals surface area contributed by atoms with Crippen molar-refractivity contribution in [1.29, 1.82) is 0 Å². The topological polar surface area (TPSA) is 52.6 Å². The molecule has 170 valence electrons. The van der Waals surface area contributed by atoms with Crippen molar-refractivity contribution in [2.75, 3.05) is 13.2 Å². The average Bonchev–Trinajstić information content (AvgIpc) is 2.71. The third-order valence-electron chi connectivity index (χ3n) is 5.11. The van der Waals surface area contributed by atoms with E-state index in [1.807, 2.05) is 0 Å². The first kappa shape index (κ1) is 27.7. The Labute approximate surface area is 179 Å². The Balaban J connectivity index is 3.24. The molecule has 0 aromatic rings. The molecule has 0 saturated carbocycles. The van der Waals surface area contributed by atoms with E-state index in [0.29, 0.717) is 32.5 Å². The van der Waals surface area contributed by atoms with Crippen LogP contribution in [0.2, 0.25) is 0 Å². The zero-order chi connectivity index (χ0) is 21.4. The summed E-state index contributed by atoms with van der Waals surface area (Å²) in [6, 6.07) is 0. The highest BCUT2D eigenvalue weighted by Crippen LogP contribution is 2.11. The second kappa shape index (κ2) is 23.0. The van der Waals surface area contributed by atoms with E-state index in [1.54, 1.807) is 6.08 Å². The van der Waals surface area contributed by atoms with Crippen LogP contribution in [-0.4, -0.2) is 25.2 Å². The van der Waals surface area contributed by atoms with Gasteiger partial charge < -0.3 is 9.47 Å². The number of unbranched alkanes of at least 4 members (excludes halogenated alkanes) is 13. The van der Waals surface area contributed by atoms with Gasteiger partial charge in [-0.3, -0.25) is 9.59 Å². The maximum Gasteiger partial charge on any atom is 0.305 e. The molecular formula is C25H46O4. The van der Waals surface area contributed by atoms with Gasteiger partial charge in [0.2, 0.25) is 0 Å². The molecule has 0 saturated heterocycles. The molecular weight excluding hydrogens is 364 g/mol. The number of rotatable bonds is 22. The Bertz CT molecular complexity index is 392. The number of ether oxygens (including phenoxy) is 2. The molecule has 0 radical (unpaired) electrons. The van der Waals surface area contributed by atoms with Gasteiger partial charge >= 0.3 is 11.9 Å². The smallest absolute Gasteiger partial charge is 0.305 e. The maximum absolute atomic E-state index is 11.7. The molecule has 4 heteroatoms. The van der Waals surface area contributed by atoms with Crippen LogP contribution < -0.4 is 0 Å². The van der Waals surface area contributed by atoms with Crippen molar-refractivity contribution in [3.05, 3.63) is 12.7 Å². The van der Waals surface area contributed by atoms with E-state index in [0.717, 1.165) is 44.9 Å². The number of carbonyl (C=O) groups excluding carboxylic acids is 2. The number of carbonyl (C=O) groups is 2. The van der Waals surface area contributed by atoms with Gasteiger partial charge in [-0.05, 0) is 25.7 Å². The standard InChI is InChI=1S/C25H46O4/c1-3-5-7-8-9-10-13-16-19-23-29-25(27)21-18-15-12-11-14-17-20-24(26)28-22-6-4-2/h4H,2-3,5-23H2,1H3. The van der Waals surface area contributed by atoms with E-state index < -0.39 is 0 Å². The van der Waals surface area contributed by atoms with Gasteiger partial charge in [-0.2, -0.15) is 0 Å². The second-order valence-corrected chi connectivity index (χ2v) is 7.97. The van der Waals surface area contributed by atoms with E-state index in [4.69, 9.17) is 9.47 Å². The van der Waals surface area contributed by atoms with E-state index in [9.17, 15) is 9.59 Å². The van der Waals surface area contributed by atoms with Crippen LogP contribution in [0.5, 0.6) is 0 Å². The molecule has 4 nitrogen and oxygen atoms in total. The monoisotopic (exact) mass is 410 g/mol.